The second kappa shape index (κ2) is 5.30. The molecule has 0 atom stereocenters. The number of para-hydroxylation sites is 1. The van der Waals surface area contributed by atoms with Gasteiger partial charge in [-0.25, -0.2) is 8.78 Å². The minimum absolute atomic E-state index is 0.0597. The molecule has 3 rings (SSSR count). The molecule has 0 aliphatic heterocycles. The molecule has 1 heterocycles. The van der Waals surface area contributed by atoms with Crippen molar-refractivity contribution in [2.75, 3.05) is 0 Å². The van der Waals surface area contributed by atoms with E-state index in [-0.39, 0.29) is 12.1 Å². The third kappa shape index (κ3) is 2.54. The smallest absolute Gasteiger partial charge is 0.185 e. The van der Waals surface area contributed by atoms with Gasteiger partial charge in [0, 0.05) is 23.2 Å². The highest BCUT2D eigenvalue weighted by molar-refractivity contribution is 6.35. The maximum atomic E-state index is 13.6. The zero-order valence-electron chi connectivity index (χ0n) is 10.8. The summed E-state index contributed by atoms with van der Waals surface area (Å²) in [5.41, 5.74) is 0.656. The molecule has 0 saturated heterocycles. The lowest BCUT2D eigenvalue weighted by Gasteiger charge is -2.06. The van der Waals surface area contributed by atoms with E-state index in [1.54, 1.807) is 10.8 Å². The molecule has 0 radical (unpaired) electrons. The van der Waals surface area contributed by atoms with Gasteiger partial charge in [0.2, 0.25) is 0 Å². The number of Topliss-reactive ketones (excluding diaryl/α,β-unsaturated/α-hetero) is 1. The predicted molar refractivity (Wildman–Crippen MR) is 77.6 cm³/mol. The Hall–Kier alpha value is -2.20. The summed E-state index contributed by atoms with van der Waals surface area (Å²) in [5.74, 6) is -2.01. The van der Waals surface area contributed by atoms with Gasteiger partial charge in [0.25, 0.3) is 0 Å². The van der Waals surface area contributed by atoms with Crippen LogP contribution >= 0.6 is 11.6 Å². The van der Waals surface area contributed by atoms with E-state index in [1.807, 2.05) is 24.3 Å². The van der Waals surface area contributed by atoms with Crippen LogP contribution in [0.1, 0.15) is 10.4 Å². The van der Waals surface area contributed by atoms with Crippen molar-refractivity contribution < 1.29 is 13.6 Å². The van der Waals surface area contributed by atoms with E-state index in [9.17, 15) is 13.6 Å². The van der Waals surface area contributed by atoms with Crippen LogP contribution in [0.25, 0.3) is 10.9 Å². The fourth-order valence-corrected chi connectivity index (χ4v) is 2.57. The van der Waals surface area contributed by atoms with Crippen LogP contribution in [0, 0.1) is 11.6 Å². The van der Waals surface area contributed by atoms with Gasteiger partial charge in [-0.05, 0) is 18.2 Å². The van der Waals surface area contributed by atoms with Crippen molar-refractivity contribution in [3.63, 3.8) is 0 Å². The minimum atomic E-state index is -0.859. The number of rotatable bonds is 3. The Morgan fingerprint density at radius 2 is 1.90 bits per heavy atom. The first kappa shape index (κ1) is 13.8. The second-order valence-electron chi connectivity index (χ2n) is 4.67. The third-order valence-corrected chi connectivity index (χ3v) is 3.59. The number of hydrogen-bond acceptors (Lipinski definition) is 1. The SMILES string of the molecule is O=C(Cn1cc(Cl)c2ccccc21)c1ccc(F)cc1F. The molecule has 21 heavy (non-hydrogen) atoms. The summed E-state index contributed by atoms with van der Waals surface area (Å²) in [7, 11) is 0. The lowest BCUT2D eigenvalue weighted by atomic mass is 10.1. The van der Waals surface area contributed by atoms with Crippen molar-refractivity contribution in [1.82, 2.24) is 4.57 Å². The van der Waals surface area contributed by atoms with Gasteiger partial charge in [-0.15, -0.1) is 0 Å². The van der Waals surface area contributed by atoms with E-state index < -0.39 is 17.4 Å². The number of aromatic nitrogens is 1. The number of ketones is 1. The molecule has 1 aromatic heterocycles. The molecule has 0 aliphatic rings. The summed E-state index contributed by atoms with van der Waals surface area (Å²) in [4.78, 5) is 12.2. The van der Waals surface area contributed by atoms with E-state index >= 15 is 0 Å². The molecule has 2 aromatic carbocycles. The summed E-state index contributed by atoms with van der Waals surface area (Å²) in [5, 5.41) is 1.35. The van der Waals surface area contributed by atoms with Gasteiger partial charge in [-0.3, -0.25) is 4.79 Å². The lowest BCUT2D eigenvalue weighted by molar-refractivity contribution is 0.0969. The number of nitrogens with zero attached hydrogens (tertiary/aromatic N) is 1. The van der Waals surface area contributed by atoms with Gasteiger partial charge in [-0.1, -0.05) is 29.8 Å². The first-order valence-corrected chi connectivity index (χ1v) is 6.65. The zero-order valence-corrected chi connectivity index (χ0v) is 11.6. The molecule has 0 unspecified atom stereocenters. The highest BCUT2D eigenvalue weighted by atomic mass is 35.5. The number of carbonyl (C=O) groups excluding carboxylic acids is 1. The van der Waals surface area contributed by atoms with Gasteiger partial charge in [0.05, 0.1) is 17.1 Å². The molecule has 0 spiro atoms. The Balaban J connectivity index is 1.97. The van der Waals surface area contributed by atoms with Crippen LogP contribution in [0.5, 0.6) is 0 Å². The number of carbonyl (C=O) groups is 1. The molecule has 106 valence electrons. The van der Waals surface area contributed by atoms with Crippen molar-refractivity contribution in [2.45, 2.75) is 6.54 Å². The van der Waals surface area contributed by atoms with Crippen LogP contribution in [0.4, 0.5) is 8.78 Å². The van der Waals surface area contributed by atoms with Gasteiger partial charge in [-0.2, -0.15) is 0 Å². The molecule has 0 fully saturated rings. The zero-order chi connectivity index (χ0) is 15.0. The fraction of sp³-hybridized carbons (Fsp3) is 0.0625. The molecule has 3 aromatic rings. The van der Waals surface area contributed by atoms with E-state index in [0.29, 0.717) is 11.1 Å². The Morgan fingerprint density at radius 3 is 2.67 bits per heavy atom. The molecule has 0 saturated carbocycles. The maximum Gasteiger partial charge on any atom is 0.185 e. The molecular weight excluding hydrogens is 296 g/mol. The van der Waals surface area contributed by atoms with Gasteiger partial charge < -0.3 is 4.57 Å². The van der Waals surface area contributed by atoms with Crippen LogP contribution in [0.3, 0.4) is 0 Å². The minimum Gasteiger partial charge on any atom is -0.338 e. The average molecular weight is 306 g/mol. The number of benzene rings is 2. The standard InChI is InChI=1S/C16H10ClF2NO/c17-13-8-20(15-4-2-1-3-11(13)15)9-16(21)12-6-5-10(18)7-14(12)19/h1-8H,9H2. The molecule has 0 N–H and O–H groups in total. The first-order valence-electron chi connectivity index (χ1n) is 6.28. The van der Waals surface area contributed by atoms with E-state index in [4.69, 9.17) is 11.6 Å². The van der Waals surface area contributed by atoms with Crippen LogP contribution in [-0.4, -0.2) is 10.4 Å². The summed E-state index contributed by atoms with van der Waals surface area (Å²) in [6.07, 6.45) is 1.63. The van der Waals surface area contributed by atoms with Crippen molar-refractivity contribution in [3.8, 4) is 0 Å². The topological polar surface area (TPSA) is 22.0 Å². The largest absolute Gasteiger partial charge is 0.338 e. The summed E-state index contributed by atoms with van der Waals surface area (Å²) in [6, 6.07) is 10.3. The Kier molecular flexibility index (Phi) is 3.47. The highest BCUT2D eigenvalue weighted by Gasteiger charge is 2.15. The number of halogens is 3. The monoisotopic (exact) mass is 305 g/mol. The predicted octanol–water partition coefficient (Wildman–Crippen LogP) is 4.46. The molecule has 0 bridgehead atoms. The van der Waals surface area contributed by atoms with Gasteiger partial charge >= 0.3 is 0 Å². The van der Waals surface area contributed by atoms with Crippen molar-refractivity contribution in [3.05, 3.63) is 70.9 Å². The van der Waals surface area contributed by atoms with Crippen molar-refractivity contribution in [2.24, 2.45) is 0 Å². The highest BCUT2D eigenvalue weighted by Crippen LogP contribution is 2.25. The first-order chi connectivity index (χ1) is 10.1. The molecule has 0 aliphatic carbocycles. The van der Waals surface area contributed by atoms with Gasteiger partial charge in [0.1, 0.15) is 11.6 Å². The van der Waals surface area contributed by atoms with Crippen LogP contribution < -0.4 is 0 Å². The van der Waals surface area contributed by atoms with E-state index in [2.05, 4.69) is 0 Å². The van der Waals surface area contributed by atoms with Crippen molar-refractivity contribution in [1.29, 1.82) is 0 Å². The summed E-state index contributed by atoms with van der Waals surface area (Å²) >= 11 is 6.10. The summed E-state index contributed by atoms with van der Waals surface area (Å²) < 4.78 is 28.2. The van der Waals surface area contributed by atoms with Crippen molar-refractivity contribution >= 4 is 28.3 Å². The number of fused-ring (bicyclic) bond motifs is 1. The van der Waals surface area contributed by atoms with Gasteiger partial charge in [0.15, 0.2) is 5.78 Å². The van der Waals surface area contributed by atoms with Crippen LogP contribution in [0.2, 0.25) is 5.02 Å². The Morgan fingerprint density at radius 1 is 1.14 bits per heavy atom. The lowest BCUT2D eigenvalue weighted by Crippen LogP contribution is -2.11. The van der Waals surface area contributed by atoms with E-state index in [1.165, 1.54) is 0 Å². The van der Waals surface area contributed by atoms with E-state index in [0.717, 1.165) is 23.0 Å². The molecule has 0 amide bonds. The number of hydrogen-bond donors (Lipinski definition) is 0. The fourth-order valence-electron chi connectivity index (χ4n) is 2.29. The Labute approximate surface area is 124 Å². The average Bonchev–Trinajstić information content (AvgIpc) is 2.76. The van der Waals surface area contributed by atoms with Crippen LogP contribution in [-0.2, 0) is 6.54 Å². The van der Waals surface area contributed by atoms with Crippen LogP contribution in [0.15, 0.2) is 48.7 Å². The molecular formula is C16H10ClF2NO. The summed E-state index contributed by atoms with van der Waals surface area (Å²) in [6.45, 7) is -0.0597. The maximum absolute atomic E-state index is 13.6. The normalized spacial score (nSPS) is 11.0. The Bertz CT molecular complexity index is 841. The molecule has 5 heteroatoms. The molecule has 2 nitrogen and oxygen atoms in total. The third-order valence-electron chi connectivity index (χ3n) is 3.29. The quantitative estimate of drug-likeness (QED) is 0.655. The second-order valence-corrected chi connectivity index (χ2v) is 5.08.